The second kappa shape index (κ2) is 11.0. The summed E-state index contributed by atoms with van der Waals surface area (Å²) in [5.41, 5.74) is 5.10. The molecular formula is C27H29ClN2O2. The molecule has 3 aromatic rings. The number of hydrogen-bond donors (Lipinski definition) is 1. The lowest BCUT2D eigenvalue weighted by atomic mass is 10.0. The van der Waals surface area contributed by atoms with E-state index >= 15 is 0 Å². The Balaban J connectivity index is 1.95. The molecule has 1 atom stereocenters. The molecular weight excluding hydrogens is 420 g/mol. The van der Waals surface area contributed by atoms with Crippen molar-refractivity contribution in [2.45, 2.75) is 39.3 Å². The number of carbonyl (C=O) groups excluding carboxylic acids is 2. The maximum Gasteiger partial charge on any atom is 0.242 e. The molecule has 0 aromatic heterocycles. The van der Waals surface area contributed by atoms with Gasteiger partial charge in [0.15, 0.2) is 0 Å². The number of carbonyl (C=O) groups is 2. The van der Waals surface area contributed by atoms with Gasteiger partial charge in [-0.1, -0.05) is 83.4 Å². The van der Waals surface area contributed by atoms with Crippen LogP contribution in [0.1, 0.15) is 27.8 Å². The van der Waals surface area contributed by atoms with Crippen molar-refractivity contribution in [2.75, 3.05) is 7.05 Å². The SMILES string of the molecule is CNC(=O)[C@@H](Cc1ccccc1)N(Cc1ccc(Cl)cc1)C(=O)Cc1cc(C)cc(C)c1. The van der Waals surface area contributed by atoms with E-state index < -0.39 is 6.04 Å². The fraction of sp³-hybridized carbons (Fsp3) is 0.259. The first-order chi connectivity index (χ1) is 15.4. The lowest BCUT2D eigenvalue weighted by molar-refractivity contribution is -0.140. The number of benzene rings is 3. The van der Waals surface area contributed by atoms with E-state index in [1.54, 1.807) is 24.1 Å². The molecule has 1 N–H and O–H groups in total. The van der Waals surface area contributed by atoms with Crippen LogP contribution in [-0.2, 0) is 29.0 Å². The summed E-state index contributed by atoms with van der Waals surface area (Å²) in [7, 11) is 1.61. The van der Waals surface area contributed by atoms with E-state index in [2.05, 4.69) is 11.4 Å². The summed E-state index contributed by atoms with van der Waals surface area (Å²) in [4.78, 5) is 28.2. The predicted molar refractivity (Wildman–Crippen MR) is 130 cm³/mol. The second-order valence-electron chi connectivity index (χ2n) is 8.14. The molecule has 0 unspecified atom stereocenters. The molecule has 3 rings (SSSR count). The minimum atomic E-state index is -0.628. The fourth-order valence-corrected chi connectivity index (χ4v) is 4.08. The van der Waals surface area contributed by atoms with E-state index in [0.29, 0.717) is 18.0 Å². The highest BCUT2D eigenvalue weighted by Crippen LogP contribution is 2.19. The van der Waals surface area contributed by atoms with Gasteiger partial charge in [0, 0.05) is 25.0 Å². The first-order valence-electron chi connectivity index (χ1n) is 10.7. The normalized spacial score (nSPS) is 11.6. The quantitative estimate of drug-likeness (QED) is 0.533. The van der Waals surface area contributed by atoms with Crippen LogP contribution >= 0.6 is 11.6 Å². The van der Waals surface area contributed by atoms with E-state index in [1.807, 2.05) is 68.4 Å². The highest BCUT2D eigenvalue weighted by molar-refractivity contribution is 6.30. The summed E-state index contributed by atoms with van der Waals surface area (Å²) >= 11 is 6.05. The van der Waals surface area contributed by atoms with Crippen LogP contribution in [0.2, 0.25) is 5.02 Å². The summed E-state index contributed by atoms with van der Waals surface area (Å²) < 4.78 is 0. The van der Waals surface area contributed by atoms with Gasteiger partial charge < -0.3 is 10.2 Å². The second-order valence-corrected chi connectivity index (χ2v) is 8.58. The Morgan fingerprint density at radius 1 is 0.875 bits per heavy atom. The molecule has 0 aliphatic rings. The summed E-state index contributed by atoms with van der Waals surface area (Å²) in [6.07, 6.45) is 0.672. The van der Waals surface area contributed by atoms with Gasteiger partial charge in [0.25, 0.3) is 0 Å². The van der Waals surface area contributed by atoms with Gasteiger partial charge in [-0.15, -0.1) is 0 Å². The zero-order valence-electron chi connectivity index (χ0n) is 18.8. The summed E-state index contributed by atoms with van der Waals surface area (Å²) in [6, 6.07) is 22.7. The highest BCUT2D eigenvalue weighted by Gasteiger charge is 2.29. The molecule has 32 heavy (non-hydrogen) atoms. The molecule has 0 aliphatic carbocycles. The third-order valence-corrected chi connectivity index (χ3v) is 5.67. The van der Waals surface area contributed by atoms with Crippen molar-refractivity contribution < 1.29 is 9.59 Å². The monoisotopic (exact) mass is 448 g/mol. The lowest BCUT2D eigenvalue weighted by Gasteiger charge is -2.31. The molecule has 0 saturated carbocycles. The Morgan fingerprint density at radius 3 is 2.09 bits per heavy atom. The van der Waals surface area contributed by atoms with Gasteiger partial charge in [-0.05, 0) is 42.7 Å². The molecule has 0 radical (unpaired) electrons. The first kappa shape index (κ1) is 23.6. The molecule has 4 nitrogen and oxygen atoms in total. The molecule has 0 bridgehead atoms. The maximum atomic E-state index is 13.6. The third kappa shape index (κ3) is 6.44. The van der Waals surface area contributed by atoms with E-state index in [-0.39, 0.29) is 18.2 Å². The number of hydrogen-bond acceptors (Lipinski definition) is 2. The molecule has 0 spiro atoms. The lowest BCUT2D eigenvalue weighted by Crippen LogP contribution is -2.50. The maximum absolute atomic E-state index is 13.6. The molecule has 3 aromatic carbocycles. The van der Waals surface area contributed by atoms with Crippen molar-refractivity contribution >= 4 is 23.4 Å². The van der Waals surface area contributed by atoms with Gasteiger partial charge in [-0.2, -0.15) is 0 Å². The number of rotatable bonds is 8. The average Bonchev–Trinajstić information content (AvgIpc) is 2.76. The number of nitrogens with one attached hydrogen (secondary N) is 1. The van der Waals surface area contributed by atoms with Crippen LogP contribution in [0.4, 0.5) is 0 Å². The van der Waals surface area contributed by atoms with Crippen molar-refractivity contribution in [3.63, 3.8) is 0 Å². The van der Waals surface area contributed by atoms with Gasteiger partial charge in [0.1, 0.15) is 6.04 Å². The Bertz CT molecular complexity index is 1040. The smallest absolute Gasteiger partial charge is 0.242 e. The van der Waals surface area contributed by atoms with E-state index in [9.17, 15) is 9.59 Å². The van der Waals surface area contributed by atoms with Crippen LogP contribution < -0.4 is 5.32 Å². The van der Waals surface area contributed by atoms with Gasteiger partial charge in [-0.25, -0.2) is 0 Å². The van der Waals surface area contributed by atoms with E-state index in [1.165, 1.54) is 0 Å². The van der Waals surface area contributed by atoms with Gasteiger partial charge in [-0.3, -0.25) is 9.59 Å². The van der Waals surface area contributed by atoms with Crippen molar-refractivity contribution in [1.29, 1.82) is 0 Å². The molecule has 0 aliphatic heterocycles. The van der Waals surface area contributed by atoms with Crippen LogP contribution in [0.25, 0.3) is 0 Å². The summed E-state index contributed by atoms with van der Waals surface area (Å²) in [5, 5.41) is 3.38. The van der Waals surface area contributed by atoms with Crippen LogP contribution in [0.15, 0.2) is 72.8 Å². The molecule has 0 fully saturated rings. The number of amides is 2. The van der Waals surface area contributed by atoms with Crippen molar-refractivity contribution in [1.82, 2.24) is 10.2 Å². The van der Waals surface area contributed by atoms with Crippen LogP contribution in [0, 0.1) is 13.8 Å². The zero-order chi connectivity index (χ0) is 23.1. The van der Waals surface area contributed by atoms with E-state index in [0.717, 1.165) is 27.8 Å². The molecule has 0 saturated heterocycles. The minimum Gasteiger partial charge on any atom is -0.357 e. The number of likely N-dealkylation sites (N-methyl/N-ethyl adjacent to an activating group) is 1. The van der Waals surface area contributed by atoms with Crippen molar-refractivity contribution in [3.05, 3.63) is 106 Å². The number of aryl methyl sites for hydroxylation is 2. The third-order valence-electron chi connectivity index (χ3n) is 5.42. The Kier molecular flexibility index (Phi) is 8.07. The number of halogens is 1. The predicted octanol–water partition coefficient (Wildman–Crippen LogP) is 4.89. The molecule has 5 heteroatoms. The fourth-order valence-electron chi connectivity index (χ4n) is 3.95. The Labute approximate surface area is 195 Å². The summed E-state index contributed by atoms with van der Waals surface area (Å²) in [5.74, 6) is -0.272. The topological polar surface area (TPSA) is 49.4 Å². The van der Waals surface area contributed by atoms with Gasteiger partial charge >= 0.3 is 0 Å². The largest absolute Gasteiger partial charge is 0.357 e. The summed E-state index contributed by atoms with van der Waals surface area (Å²) in [6.45, 7) is 4.37. The average molecular weight is 449 g/mol. The Hall–Kier alpha value is -3.11. The number of nitrogens with zero attached hydrogens (tertiary/aromatic N) is 1. The zero-order valence-corrected chi connectivity index (χ0v) is 19.5. The highest BCUT2D eigenvalue weighted by atomic mass is 35.5. The molecule has 0 heterocycles. The van der Waals surface area contributed by atoms with Gasteiger partial charge in [0.2, 0.25) is 11.8 Å². The van der Waals surface area contributed by atoms with Gasteiger partial charge in [0.05, 0.1) is 6.42 Å². The first-order valence-corrected chi connectivity index (χ1v) is 11.1. The van der Waals surface area contributed by atoms with Crippen LogP contribution in [-0.4, -0.2) is 29.8 Å². The molecule has 2 amide bonds. The standard InChI is InChI=1S/C27H29ClN2O2/c1-19-13-20(2)15-23(14-19)17-26(31)30(18-22-9-11-24(28)12-10-22)25(27(32)29-3)16-21-7-5-4-6-8-21/h4-15,25H,16-18H2,1-3H3,(H,29,32)/t25-/m1/s1. The van der Waals surface area contributed by atoms with Crippen LogP contribution in [0.3, 0.4) is 0 Å². The van der Waals surface area contributed by atoms with Crippen molar-refractivity contribution in [2.24, 2.45) is 0 Å². The van der Waals surface area contributed by atoms with Crippen molar-refractivity contribution in [3.8, 4) is 0 Å². The van der Waals surface area contributed by atoms with Crippen LogP contribution in [0.5, 0.6) is 0 Å². The van der Waals surface area contributed by atoms with E-state index in [4.69, 9.17) is 11.6 Å². The molecule has 166 valence electrons. The minimum absolute atomic E-state index is 0.0884. The Morgan fingerprint density at radius 2 is 1.50 bits per heavy atom.